The standard InChI is InChI=1S/C7H11O9.Na/c8-1-2(9)3(10)4(11)5(6(12)13)16-7(14)15;/h2-3,5,8-11H,1H2,(H,12,13)(H,14,15);/q-1;+1/t2-,3-,5-;/m1./s1. The molecule has 0 aromatic rings. The number of rotatable bonds is 6. The van der Waals surface area contributed by atoms with Gasteiger partial charge in [-0.3, -0.25) is 4.79 Å². The number of carboxylic acids is 1. The van der Waals surface area contributed by atoms with Crippen LogP contribution in [-0.2, 0) is 9.53 Å². The van der Waals surface area contributed by atoms with Crippen LogP contribution in [0.2, 0.25) is 0 Å². The van der Waals surface area contributed by atoms with Crippen molar-refractivity contribution in [3.05, 3.63) is 6.10 Å². The fraction of sp³-hybridized carbons (Fsp3) is 0.571. The van der Waals surface area contributed by atoms with Gasteiger partial charge in [-0.15, -0.1) is 6.10 Å². The van der Waals surface area contributed by atoms with Gasteiger partial charge in [-0.1, -0.05) is 0 Å². The summed E-state index contributed by atoms with van der Waals surface area (Å²) >= 11 is 0. The van der Waals surface area contributed by atoms with Crippen LogP contribution in [0.1, 0.15) is 0 Å². The minimum Gasteiger partial charge on any atom is -0.556 e. The van der Waals surface area contributed by atoms with Gasteiger partial charge < -0.3 is 35.4 Å². The predicted octanol–water partition coefficient (Wildman–Crippen LogP) is -5.24. The quantitative estimate of drug-likeness (QED) is 0.156. The zero-order valence-corrected chi connectivity index (χ0v) is 10.8. The fourth-order valence-corrected chi connectivity index (χ4v) is 0.790. The van der Waals surface area contributed by atoms with Gasteiger partial charge in [0.1, 0.15) is 6.10 Å². The molecule has 0 aliphatic heterocycles. The summed E-state index contributed by atoms with van der Waals surface area (Å²) in [4.78, 5) is 20.5. The van der Waals surface area contributed by atoms with E-state index in [2.05, 4.69) is 4.74 Å². The molecule has 0 heterocycles. The SMILES string of the molecule is O=C(O)O[C@@H](C(=O)O)[C-](O)[C@H](O)[C@H](O)CO.[Na+]. The number of hydrogen-bond acceptors (Lipinski definition) is 7. The van der Waals surface area contributed by atoms with Crippen LogP contribution in [0.5, 0.6) is 0 Å². The van der Waals surface area contributed by atoms with E-state index in [0.717, 1.165) is 0 Å². The molecule has 0 saturated carbocycles. The van der Waals surface area contributed by atoms with Gasteiger partial charge in [0.05, 0.1) is 12.7 Å². The summed E-state index contributed by atoms with van der Waals surface area (Å²) in [5, 5.41) is 52.1. The Morgan fingerprint density at radius 3 is 2.00 bits per heavy atom. The Morgan fingerprint density at radius 2 is 1.71 bits per heavy atom. The van der Waals surface area contributed by atoms with Crippen molar-refractivity contribution in [2.24, 2.45) is 0 Å². The average Bonchev–Trinajstić information content (AvgIpc) is 2.22. The van der Waals surface area contributed by atoms with Crippen molar-refractivity contribution in [2.45, 2.75) is 18.3 Å². The van der Waals surface area contributed by atoms with Crippen LogP contribution >= 0.6 is 0 Å². The third-order valence-corrected chi connectivity index (χ3v) is 1.57. The van der Waals surface area contributed by atoms with Crippen molar-refractivity contribution >= 4 is 12.1 Å². The fourth-order valence-electron chi connectivity index (χ4n) is 0.790. The van der Waals surface area contributed by atoms with Crippen molar-refractivity contribution in [2.75, 3.05) is 6.61 Å². The molecule has 17 heavy (non-hydrogen) atoms. The predicted molar refractivity (Wildman–Crippen MR) is 44.8 cm³/mol. The van der Waals surface area contributed by atoms with E-state index in [4.69, 9.17) is 30.6 Å². The van der Waals surface area contributed by atoms with E-state index in [-0.39, 0.29) is 29.6 Å². The molecule has 3 atom stereocenters. The first-order valence-electron chi connectivity index (χ1n) is 3.96. The molecule has 0 aliphatic carbocycles. The molecule has 0 aromatic carbocycles. The summed E-state index contributed by atoms with van der Waals surface area (Å²) in [6, 6.07) is 0. The molecule has 0 aliphatic rings. The van der Waals surface area contributed by atoms with E-state index in [1.165, 1.54) is 0 Å². The smallest absolute Gasteiger partial charge is 0.556 e. The van der Waals surface area contributed by atoms with Gasteiger partial charge in [-0.25, -0.2) is 4.79 Å². The van der Waals surface area contributed by atoms with Crippen LogP contribution in [0.3, 0.4) is 0 Å². The Hall–Kier alpha value is -0.420. The Labute approximate surface area is 118 Å². The third kappa shape index (κ3) is 6.17. The topological polar surface area (TPSA) is 165 Å². The van der Waals surface area contributed by atoms with Crippen LogP contribution in [0.15, 0.2) is 0 Å². The number of aliphatic carboxylic acids is 1. The number of hydrogen-bond donors (Lipinski definition) is 6. The number of carbonyl (C=O) groups is 2. The molecule has 0 amide bonds. The molecule has 0 aromatic heterocycles. The number of ether oxygens (including phenoxy) is 1. The number of aliphatic hydroxyl groups is 4. The Morgan fingerprint density at radius 1 is 1.24 bits per heavy atom. The minimum absolute atomic E-state index is 0. The van der Waals surface area contributed by atoms with E-state index >= 15 is 0 Å². The molecule has 0 unspecified atom stereocenters. The van der Waals surface area contributed by atoms with Crippen LogP contribution in [0, 0.1) is 6.10 Å². The van der Waals surface area contributed by atoms with Gasteiger partial charge in [0.25, 0.3) is 0 Å². The average molecular weight is 262 g/mol. The van der Waals surface area contributed by atoms with Gasteiger partial charge in [0.15, 0.2) is 0 Å². The maximum atomic E-state index is 10.5. The summed E-state index contributed by atoms with van der Waals surface area (Å²) in [7, 11) is 0. The first-order chi connectivity index (χ1) is 7.31. The monoisotopic (exact) mass is 262 g/mol. The maximum Gasteiger partial charge on any atom is 1.00 e. The molecule has 0 spiro atoms. The summed E-state index contributed by atoms with van der Waals surface area (Å²) in [5.41, 5.74) is 0. The minimum atomic E-state index is -2.34. The van der Waals surface area contributed by atoms with Crippen LogP contribution in [-0.4, -0.2) is 67.7 Å². The first kappa shape index (κ1) is 18.9. The van der Waals surface area contributed by atoms with E-state index in [1.807, 2.05) is 0 Å². The van der Waals surface area contributed by atoms with Crippen LogP contribution < -0.4 is 29.6 Å². The number of carboxylic acid groups (broad SMARTS) is 2. The summed E-state index contributed by atoms with van der Waals surface area (Å²) in [6.07, 6.45) is -9.63. The first-order valence-corrected chi connectivity index (χ1v) is 3.96. The van der Waals surface area contributed by atoms with Crippen molar-refractivity contribution in [1.29, 1.82) is 0 Å². The van der Waals surface area contributed by atoms with Crippen molar-refractivity contribution in [3.63, 3.8) is 0 Å². The Balaban J connectivity index is 0. The van der Waals surface area contributed by atoms with Gasteiger partial charge >= 0.3 is 41.7 Å². The van der Waals surface area contributed by atoms with Gasteiger partial charge in [0, 0.05) is 0 Å². The second-order valence-electron chi connectivity index (χ2n) is 2.72. The van der Waals surface area contributed by atoms with Gasteiger partial charge in [-0.05, 0) is 6.10 Å². The second-order valence-corrected chi connectivity index (χ2v) is 2.72. The number of aliphatic hydroxyl groups excluding tert-OH is 4. The molecule has 6 N–H and O–H groups in total. The van der Waals surface area contributed by atoms with E-state index in [1.54, 1.807) is 0 Å². The van der Waals surface area contributed by atoms with Crippen molar-refractivity contribution in [3.8, 4) is 0 Å². The summed E-state index contributed by atoms with van der Waals surface area (Å²) in [6.45, 7) is -0.954. The van der Waals surface area contributed by atoms with Gasteiger partial charge in [-0.2, -0.15) is 0 Å². The Kier molecular flexibility index (Phi) is 9.62. The molecule has 94 valence electrons. The van der Waals surface area contributed by atoms with Crippen molar-refractivity contribution < 1.29 is 74.5 Å². The molecular weight excluding hydrogens is 251 g/mol. The van der Waals surface area contributed by atoms with E-state index < -0.39 is 43.1 Å². The molecule has 0 rings (SSSR count). The molecule has 10 heteroatoms. The zero-order chi connectivity index (χ0) is 12.9. The molecule has 9 nitrogen and oxygen atoms in total. The largest absolute Gasteiger partial charge is 1.00 e. The summed E-state index contributed by atoms with van der Waals surface area (Å²) < 4.78 is 3.77. The molecule has 0 fully saturated rings. The molecule has 0 saturated heterocycles. The van der Waals surface area contributed by atoms with Crippen molar-refractivity contribution in [1.82, 2.24) is 0 Å². The molecule has 0 radical (unpaired) electrons. The normalized spacial score (nSPS) is 15.6. The van der Waals surface area contributed by atoms with Gasteiger partial charge in [0.2, 0.25) is 0 Å². The summed E-state index contributed by atoms with van der Waals surface area (Å²) in [5.74, 6) is -1.87. The zero-order valence-electron chi connectivity index (χ0n) is 8.85. The Bertz CT molecular complexity index is 258. The second kappa shape index (κ2) is 8.64. The molecule has 0 bridgehead atoms. The van der Waals surface area contributed by atoms with Crippen LogP contribution in [0.25, 0.3) is 0 Å². The van der Waals surface area contributed by atoms with Crippen LogP contribution in [0.4, 0.5) is 4.79 Å². The maximum absolute atomic E-state index is 10.5. The van der Waals surface area contributed by atoms with E-state index in [0.29, 0.717) is 0 Å². The van der Waals surface area contributed by atoms with E-state index in [9.17, 15) is 9.59 Å². The third-order valence-electron chi connectivity index (χ3n) is 1.57. The molecular formula is C7H11NaO9.